The van der Waals surface area contributed by atoms with E-state index < -0.39 is 12.6 Å². The van der Waals surface area contributed by atoms with Crippen molar-refractivity contribution in [3.05, 3.63) is 42.6 Å². The van der Waals surface area contributed by atoms with Gasteiger partial charge in [-0.1, -0.05) is 12.1 Å². The lowest BCUT2D eigenvalue weighted by Crippen LogP contribution is -2.10. The van der Waals surface area contributed by atoms with Crippen molar-refractivity contribution in [2.75, 3.05) is 6.61 Å². The molecular formula is C12H11N4O3S. The fourth-order valence-corrected chi connectivity index (χ4v) is 1.61. The van der Waals surface area contributed by atoms with Crippen LogP contribution in [0.4, 0.5) is 0 Å². The van der Waals surface area contributed by atoms with E-state index in [1.165, 1.54) is 10.9 Å². The summed E-state index contributed by atoms with van der Waals surface area (Å²) in [6.45, 7) is 3.23. The maximum absolute atomic E-state index is 10.5. The molecule has 1 N–H and O–H groups in total. The molecule has 0 aliphatic rings. The number of hydrogen-bond donors (Lipinski definition) is 2. The molecule has 0 unspecified atom stereocenters. The number of aliphatic carboxylic acids is 1. The van der Waals surface area contributed by atoms with E-state index in [1.54, 1.807) is 24.3 Å². The van der Waals surface area contributed by atoms with Crippen molar-refractivity contribution in [2.24, 2.45) is 5.10 Å². The standard InChI is InChI=1S/C12H11N4O3S/c1-8-14-15-12(20)16(8)13-6-9-4-2-3-5-10(9)19-7-11(17)18/h2-6H,1,7H2,(H,15,20)(H,17,18). The molecule has 1 radical (unpaired) electrons. The van der Waals surface area contributed by atoms with Crippen molar-refractivity contribution >= 4 is 24.8 Å². The van der Waals surface area contributed by atoms with Crippen molar-refractivity contribution in [2.45, 2.75) is 5.16 Å². The summed E-state index contributed by atoms with van der Waals surface area (Å²) in [5.41, 5.74) is 0.620. The number of carboxylic acids is 1. The molecule has 0 saturated carbocycles. The minimum atomic E-state index is -1.05. The van der Waals surface area contributed by atoms with Gasteiger partial charge in [-0.15, -0.1) is 22.8 Å². The second kappa shape index (κ2) is 6.20. The molecular weight excluding hydrogens is 280 g/mol. The van der Waals surface area contributed by atoms with Gasteiger partial charge >= 0.3 is 5.97 Å². The van der Waals surface area contributed by atoms with E-state index in [4.69, 9.17) is 9.84 Å². The van der Waals surface area contributed by atoms with Crippen molar-refractivity contribution in [1.29, 1.82) is 0 Å². The predicted octanol–water partition coefficient (Wildman–Crippen LogP) is 1.09. The summed E-state index contributed by atoms with van der Waals surface area (Å²) >= 11 is 4.09. The van der Waals surface area contributed by atoms with Crippen LogP contribution in [0.25, 0.3) is 0 Å². The zero-order valence-corrected chi connectivity index (χ0v) is 11.2. The molecule has 0 aliphatic carbocycles. The first kappa shape index (κ1) is 14.1. The summed E-state index contributed by atoms with van der Waals surface area (Å²) < 4.78 is 6.51. The summed E-state index contributed by atoms with van der Waals surface area (Å²) in [5, 5.41) is 20.5. The molecule has 7 nitrogen and oxygen atoms in total. The number of nitrogens with zero attached hydrogens (tertiary/aromatic N) is 4. The number of benzene rings is 1. The van der Waals surface area contributed by atoms with Crippen molar-refractivity contribution in [3.8, 4) is 5.75 Å². The minimum absolute atomic E-state index is 0.301. The number of para-hydroxylation sites is 1. The predicted molar refractivity (Wildman–Crippen MR) is 74.3 cm³/mol. The van der Waals surface area contributed by atoms with E-state index in [0.29, 0.717) is 22.3 Å². The van der Waals surface area contributed by atoms with Gasteiger partial charge in [-0.2, -0.15) is 9.78 Å². The first-order valence-corrected chi connectivity index (χ1v) is 5.97. The highest BCUT2D eigenvalue weighted by Crippen LogP contribution is 2.16. The Bertz CT molecular complexity index is 634. The van der Waals surface area contributed by atoms with E-state index in [9.17, 15) is 4.79 Å². The Labute approximate surface area is 120 Å². The second-order valence-corrected chi connectivity index (χ2v) is 4.09. The van der Waals surface area contributed by atoms with Gasteiger partial charge in [0.15, 0.2) is 12.4 Å². The Kier molecular flexibility index (Phi) is 4.36. The van der Waals surface area contributed by atoms with E-state index >= 15 is 0 Å². The number of carbonyl (C=O) groups is 1. The van der Waals surface area contributed by atoms with Gasteiger partial charge in [0, 0.05) is 12.5 Å². The molecule has 2 aromatic rings. The quantitative estimate of drug-likeness (QED) is 0.636. The van der Waals surface area contributed by atoms with Gasteiger partial charge in [0.05, 0.1) is 6.21 Å². The SMILES string of the molecule is [CH2]c1nnc(S)n1N=Cc1ccccc1OCC(=O)O. The molecule has 0 spiro atoms. The van der Waals surface area contributed by atoms with Gasteiger partial charge in [-0.05, 0) is 12.1 Å². The minimum Gasteiger partial charge on any atom is -0.481 e. The number of thiol groups is 1. The molecule has 0 amide bonds. The fraction of sp³-hybridized carbons (Fsp3) is 0.0833. The third-order valence-corrected chi connectivity index (χ3v) is 2.55. The van der Waals surface area contributed by atoms with Crippen LogP contribution in [-0.2, 0) is 4.79 Å². The maximum Gasteiger partial charge on any atom is 0.341 e. The Balaban J connectivity index is 2.23. The first-order chi connectivity index (χ1) is 9.58. The number of rotatable bonds is 5. The smallest absolute Gasteiger partial charge is 0.341 e. The van der Waals surface area contributed by atoms with E-state index in [0.717, 1.165) is 0 Å². The van der Waals surface area contributed by atoms with Gasteiger partial charge in [-0.25, -0.2) is 4.79 Å². The average molecular weight is 291 g/mol. The van der Waals surface area contributed by atoms with E-state index in [2.05, 4.69) is 34.9 Å². The third-order valence-electron chi connectivity index (χ3n) is 2.27. The average Bonchev–Trinajstić information content (AvgIpc) is 2.74. The molecule has 103 valence electrons. The zero-order chi connectivity index (χ0) is 14.5. The molecule has 2 rings (SSSR count). The Morgan fingerprint density at radius 2 is 2.25 bits per heavy atom. The molecule has 1 aromatic heterocycles. The van der Waals surface area contributed by atoms with Crippen molar-refractivity contribution in [1.82, 2.24) is 14.9 Å². The molecule has 0 saturated heterocycles. The van der Waals surface area contributed by atoms with Crippen LogP contribution < -0.4 is 4.74 Å². The van der Waals surface area contributed by atoms with Crippen LogP contribution in [0.2, 0.25) is 0 Å². The molecule has 20 heavy (non-hydrogen) atoms. The van der Waals surface area contributed by atoms with Crippen molar-refractivity contribution < 1.29 is 14.6 Å². The van der Waals surface area contributed by atoms with Gasteiger partial charge in [0.25, 0.3) is 0 Å². The fourth-order valence-electron chi connectivity index (χ4n) is 1.40. The molecule has 8 heteroatoms. The lowest BCUT2D eigenvalue weighted by atomic mass is 10.2. The topological polar surface area (TPSA) is 89.6 Å². The van der Waals surface area contributed by atoms with E-state index in [-0.39, 0.29) is 0 Å². The molecule has 0 fully saturated rings. The van der Waals surface area contributed by atoms with Gasteiger partial charge in [0.2, 0.25) is 5.16 Å². The van der Waals surface area contributed by atoms with Crippen LogP contribution in [-0.4, -0.2) is 38.8 Å². The van der Waals surface area contributed by atoms with Crippen LogP contribution in [0.1, 0.15) is 11.4 Å². The highest BCUT2D eigenvalue weighted by Gasteiger charge is 2.05. The van der Waals surface area contributed by atoms with Crippen LogP contribution in [0.3, 0.4) is 0 Å². The lowest BCUT2D eigenvalue weighted by Gasteiger charge is -2.06. The Morgan fingerprint density at radius 3 is 2.90 bits per heavy atom. The Morgan fingerprint density at radius 1 is 1.50 bits per heavy atom. The van der Waals surface area contributed by atoms with Gasteiger partial charge in [0.1, 0.15) is 5.75 Å². The van der Waals surface area contributed by atoms with Crippen LogP contribution in [0.5, 0.6) is 5.75 Å². The van der Waals surface area contributed by atoms with Crippen molar-refractivity contribution in [3.63, 3.8) is 0 Å². The van der Waals surface area contributed by atoms with E-state index in [1.807, 2.05) is 0 Å². The molecule has 0 bridgehead atoms. The normalized spacial score (nSPS) is 10.9. The molecule has 0 aliphatic heterocycles. The first-order valence-electron chi connectivity index (χ1n) is 5.52. The molecule has 1 aromatic carbocycles. The largest absolute Gasteiger partial charge is 0.481 e. The second-order valence-electron chi connectivity index (χ2n) is 3.69. The lowest BCUT2D eigenvalue weighted by molar-refractivity contribution is -0.139. The summed E-state index contributed by atoms with van der Waals surface area (Å²) in [6, 6.07) is 6.92. The number of ether oxygens (including phenoxy) is 1. The third kappa shape index (κ3) is 3.35. The van der Waals surface area contributed by atoms with Crippen LogP contribution in [0, 0.1) is 6.92 Å². The number of carboxylic acid groups (broad SMARTS) is 1. The summed E-state index contributed by atoms with van der Waals surface area (Å²) in [4.78, 5) is 10.5. The van der Waals surface area contributed by atoms with Gasteiger partial charge < -0.3 is 9.84 Å². The monoisotopic (exact) mass is 291 g/mol. The van der Waals surface area contributed by atoms with Crippen LogP contribution in [0.15, 0.2) is 34.5 Å². The zero-order valence-electron chi connectivity index (χ0n) is 10.3. The maximum atomic E-state index is 10.5. The summed E-state index contributed by atoms with van der Waals surface area (Å²) in [6.07, 6.45) is 1.49. The number of aromatic nitrogens is 3. The Hall–Kier alpha value is -2.35. The molecule has 1 heterocycles. The number of hydrogen-bond acceptors (Lipinski definition) is 6. The highest BCUT2D eigenvalue weighted by atomic mass is 32.1. The highest BCUT2D eigenvalue weighted by molar-refractivity contribution is 7.80. The summed E-state index contributed by atoms with van der Waals surface area (Å²) in [7, 11) is 0. The van der Waals surface area contributed by atoms with Gasteiger partial charge in [-0.3, -0.25) is 0 Å². The molecule has 0 atom stereocenters. The van der Waals surface area contributed by atoms with Crippen LogP contribution >= 0.6 is 12.6 Å². The summed E-state index contributed by atoms with van der Waals surface area (Å²) in [5.74, 6) is -0.290.